The summed E-state index contributed by atoms with van der Waals surface area (Å²) in [6, 6.07) is 34.8. The van der Waals surface area contributed by atoms with E-state index in [2.05, 4.69) is 30.9 Å². The van der Waals surface area contributed by atoms with E-state index in [0.717, 1.165) is 44.2 Å². The molecule has 8 heteroatoms. The van der Waals surface area contributed by atoms with E-state index < -0.39 is 29.9 Å². The number of phenolic OH excluding ortho intramolecular Hbond substituents is 2. The van der Waals surface area contributed by atoms with E-state index in [4.69, 9.17) is 0 Å². The summed E-state index contributed by atoms with van der Waals surface area (Å²) in [6.07, 6.45) is 3.09. The fourth-order valence-corrected chi connectivity index (χ4v) is 10.1. The Morgan fingerprint density at radius 3 is 1.25 bits per heavy atom. The zero-order valence-electron chi connectivity index (χ0n) is 30.1. The van der Waals surface area contributed by atoms with E-state index in [1.54, 1.807) is 12.2 Å². The third-order valence-electron chi connectivity index (χ3n) is 10.1. The van der Waals surface area contributed by atoms with Gasteiger partial charge in [0.1, 0.15) is 28.8 Å². The number of ketones is 1. The smallest absolute Gasteiger partial charge is 0.202 e. The highest BCUT2D eigenvalue weighted by Gasteiger charge is 2.42. The molecule has 0 atom stereocenters. The summed E-state index contributed by atoms with van der Waals surface area (Å²) in [6.45, 7) is 7.72. The predicted molar refractivity (Wildman–Crippen MR) is 216 cm³/mol. The van der Waals surface area contributed by atoms with E-state index in [9.17, 15) is 30.3 Å². The second-order valence-electron chi connectivity index (χ2n) is 13.8. The third kappa shape index (κ3) is 6.13. The van der Waals surface area contributed by atoms with Crippen LogP contribution in [0, 0.1) is 27.7 Å². The molecule has 2 aliphatic carbocycles. The Balaban J connectivity index is 1.32. The lowest BCUT2D eigenvalue weighted by atomic mass is 9.78. The van der Waals surface area contributed by atoms with E-state index >= 15 is 0 Å². The number of aliphatic hydroxyl groups is 3. The standard InChI is InChI=1S/C45H40NO6P/c1-26-6-14-30(15-7-26)46(31-16-8-27(2)9-17-31)32-22-36(47)40(37(48)23-32)42-44(51)43(45(42)52)41-38(49)24-35(25-39(41)50)53(5,33-18-10-28(3)11-19-33)34-20-12-29(4)13-21-34/h6-25,47-51H,1-5H3. The zero-order chi connectivity index (χ0) is 37.8. The zero-order valence-corrected chi connectivity index (χ0v) is 31.0. The summed E-state index contributed by atoms with van der Waals surface area (Å²) in [5.74, 6) is -2.93. The first-order valence-corrected chi connectivity index (χ1v) is 19.4. The Hall–Kier alpha value is -6.17. The minimum Gasteiger partial charge on any atom is -0.507 e. The number of hydrogen-bond acceptors (Lipinski definition) is 7. The van der Waals surface area contributed by atoms with Crippen LogP contribution in [0.2, 0.25) is 0 Å². The summed E-state index contributed by atoms with van der Waals surface area (Å²) in [7, 11) is 0. The van der Waals surface area contributed by atoms with E-state index in [1.807, 2.05) is 105 Å². The second-order valence-corrected chi connectivity index (χ2v) is 17.4. The van der Waals surface area contributed by atoms with Crippen molar-refractivity contribution in [3.05, 3.63) is 178 Å². The first-order chi connectivity index (χ1) is 25.3. The van der Waals surface area contributed by atoms with Gasteiger partial charge in [0.25, 0.3) is 0 Å². The largest absolute Gasteiger partial charge is 0.507 e. The molecule has 0 saturated heterocycles. The summed E-state index contributed by atoms with van der Waals surface area (Å²) >= 11 is 0. The van der Waals surface area contributed by atoms with Gasteiger partial charge < -0.3 is 30.4 Å². The molecule has 0 aliphatic heterocycles. The fourth-order valence-electron chi connectivity index (χ4n) is 6.93. The minimum atomic E-state index is -2.39. The van der Waals surface area contributed by atoms with Crippen LogP contribution in [0.25, 0.3) is 5.57 Å². The number of phenols is 2. The van der Waals surface area contributed by atoms with Gasteiger partial charge in [-0.3, -0.25) is 4.79 Å². The van der Waals surface area contributed by atoms with Gasteiger partial charge in [-0.2, -0.15) is 0 Å². The van der Waals surface area contributed by atoms with Crippen LogP contribution in [0.5, 0.6) is 11.5 Å². The van der Waals surface area contributed by atoms with Gasteiger partial charge in [0, 0.05) is 23.5 Å². The van der Waals surface area contributed by atoms with Crippen molar-refractivity contribution in [3.8, 4) is 11.5 Å². The van der Waals surface area contributed by atoms with Crippen molar-refractivity contribution < 1.29 is 30.3 Å². The van der Waals surface area contributed by atoms with Gasteiger partial charge in [0.05, 0.1) is 28.0 Å². The molecule has 5 aromatic rings. The highest BCUT2D eigenvalue weighted by atomic mass is 31.2. The van der Waals surface area contributed by atoms with Crippen LogP contribution in [0.3, 0.4) is 0 Å². The average molecular weight is 722 g/mol. The van der Waals surface area contributed by atoms with Crippen molar-refractivity contribution in [1.82, 2.24) is 0 Å². The number of anilines is 3. The van der Waals surface area contributed by atoms with Crippen molar-refractivity contribution in [2.45, 2.75) is 27.7 Å². The van der Waals surface area contributed by atoms with Crippen LogP contribution in [-0.2, 0) is 4.79 Å². The monoisotopic (exact) mass is 721 g/mol. The maximum atomic E-state index is 13.8. The van der Waals surface area contributed by atoms with Gasteiger partial charge in [0.15, 0.2) is 0 Å². The molecular formula is C45H40NO6P. The number of carbonyl (C=O) groups is 1. The Labute approximate surface area is 309 Å². The molecule has 0 aromatic heterocycles. The summed E-state index contributed by atoms with van der Waals surface area (Å²) in [4.78, 5) is 15.7. The molecule has 0 heterocycles. The fraction of sp³-hybridized carbons (Fsp3) is 0.111. The number of allylic oxidation sites excluding steroid dienone is 4. The van der Waals surface area contributed by atoms with Crippen molar-refractivity contribution in [2.75, 3.05) is 11.6 Å². The highest BCUT2D eigenvalue weighted by molar-refractivity contribution is 7.89. The van der Waals surface area contributed by atoms with Crippen molar-refractivity contribution in [3.63, 3.8) is 0 Å². The summed E-state index contributed by atoms with van der Waals surface area (Å²) in [5, 5.41) is 59.6. The Morgan fingerprint density at radius 1 is 0.491 bits per heavy atom. The van der Waals surface area contributed by atoms with E-state index in [0.29, 0.717) is 11.0 Å². The van der Waals surface area contributed by atoms with E-state index in [-0.39, 0.29) is 33.8 Å². The van der Waals surface area contributed by atoms with Crippen LogP contribution in [0.15, 0.2) is 150 Å². The number of aryl methyl sites for hydroxylation is 4. The molecule has 0 saturated carbocycles. The third-order valence-corrected chi connectivity index (χ3v) is 14.0. The Bertz CT molecular complexity index is 2340. The molecule has 0 bridgehead atoms. The van der Waals surface area contributed by atoms with Crippen molar-refractivity contribution in [2.24, 2.45) is 0 Å². The molecule has 0 radical (unpaired) electrons. The van der Waals surface area contributed by atoms with E-state index in [1.165, 1.54) is 12.1 Å². The number of nitrogens with zero attached hydrogens (tertiary/aromatic N) is 1. The highest BCUT2D eigenvalue weighted by Crippen LogP contribution is 2.51. The van der Waals surface area contributed by atoms with Crippen molar-refractivity contribution >= 4 is 51.2 Å². The lowest BCUT2D eigenvalue weighted by molar-refractivity contribution is -0.111. The average Bonchev–Trinajstić information content (AvgIpc) is 3.13. The second kappa shape index (κ2) is 13.4. The maximum Gasteiger partial charge on any atom is 0.202 e. The lowest BCUT2D eigenvalue weighted by Gasteiger charge is -2.30. The molecular weight excluding hydrogens is 681 g/mol. The molecule has 2 aliphatic rings. The minimum absolute atomic E-state index is 0.222. The molecule has 5 N–H and O–H groups in total. The van der Waals surface area contributed by atoms with Gasteiger partial charge >= 0.3 is 0 Å². The number of aromatic hydroxyl groups is 2. The van der Waals surface area contributed by atoms with Gasteiger partial charge in [-0.25, -0.2) is 0 Å². The molecule has 5 aromatic carbocycles. The van der Waals surface area contributed by atoms with Crippen LogP contribution in [0.1, 0.15) is 27.8 Å². The van der Waals surface area contributed by atoms with Crippen LogP contribution >= 0.6 is 6.89 Å². The Kier molecular flexibility index (Phi) is 8.93. The van der Waals surface area contributed by atoms with Crippen LogP contribution < -0.4 is 15.5 Å². The summed E-state index contributed by atoms with van der Waals surface area (Å²) in [5.41, 5.74) is 5.21. The lowest BCUT2D eigenvalue weighted by Crippen LogP contribution is -2.26. The quantitative estimate of drug-likeness (QED) is 0.0876. The van der Waals surface area contributed by atoms with Gasteiger partial charge in [0.2, 0.25) is 5.78 Å². The normalized spacial score (nSPS) is 14.6. The van der Waals surface area contributed by atoms with Gasteiger partial charge in [-0.15, -0.1) is 0 Å². The van der Waals surface area contributed by atoms with Gasteiger partial charge in [-0.1, -0.05) is 95.1 Å². The molecule has 53 heavy (non-hydrogen) atoms. The molecule has 0 spiro atoms. The molecule has 0 unspecified atom stereocenters. The topological polar surface area (TPSA) is 121 Å². The number of rotatable bonds is 6. The van der Waals surface area contributed by atoms with Crippen LogP contribution in [0.4, 0.5) is 17.1 Å². The molecule has 0 amide bonds. The molecule has 0 fully saturated rings. The number of benzene rings is 5. The first kappa shape index (κ1) is 35.2. The maximum absolute atomic E-state index is 13.8. The predicted octanol–water partition coefficient (Wildman–Crippen LogP) is 9.32. The van der Waals surface area contributed by atoms with Gasteiger partial charge in [-0.05, 0) is 93.6 Å². The summed E-state index contributed by atoms with van der Waals surface area (Å²) < 4.78 is 0. The number of carbonyl (C=O) groups excluding carboxylic acids is 1. The molecule has 7 nitrogen and oxygen atoms in total. The molecule has 7 rings (SSSR count). The SMILES string of the molecule is Cc1ccc(N(c2ccc(C)cc2)c2cc(O)c(C3=C(O)C(=C4C(O)=CC(=P(C)(c5ccc(C)cc5)c5ccc(C)cc5)C=C4O)C3=O)c(O)c2)cc1. The number of aliphatic hydroxyl groups excluding tert-OH is 3. The molecule has 266 valence electrons. The first-order valence-electron chi connectivity index (χ1n) is 17.2. The van der Waals surface area contributed by atoms with Crippen molar-refractivity contribution in [1.29, 1.82) is 0 Å². The van der Waals surface area contributed by atoms with Crippen LogP contribution in [-0.4, -0.2) is 43.3 Å². The number of Topliss-reactive ketones (excluding diaryl/α,β-unsaturated/α-hetero) is 1. The Morgan fingerprint density at radius 2 is 0.868 bits per heavy atom. The number of hydrogen-bond donors (Lipinski definition) is 5.